The quantitative estimate of drug-likeness (QED) is 0.205. The van der Waals surface area contributed by atoms with Gasteiger partial charge in [-0.15, -0.1) is 0 Å². The Morgan fingerprint density at radius 2 is 1.09 bits per heavy atom. The van der Waals surface area contributed by atoms with Gasteiger partial charge < -0.3 is 4.52 Å². The third-order valence-corrected chi connectivity index (χ3v) is 9.27. The molecule has 0 saturated carbocycles. The molecule has 0 atom stereocenters. The lowest BCUT2D eigenvalue weighted by atomic mass is 9.81. The first-order valence-electron chi connectivity index (χ1n) is 15.4. The fourth-order valence-corrected chi connectivity index (χ4v) is 7.30. The lowest BCUT2D eigenvalue weighted by molar-refractivity contribution is 0.384. The molecule has 216 valence electrons. The summed E-state index contributed by atoms with van der Waals surface area (Å²) in [4.78, 5) is 9.56. The highest BCUT2D eigenvalue weighted by molar-refractivity contribution is 6.03. The van der Waals surface area contributed by atoms with Crippen molar-refractivity contribution in [3.05, 3.63) is 151 Å². The van der Waals surface area contributed by atoms with E-state index in [0.717, 1.165) is 39.1 Å². The zero-order valence-corrected chi connectivity index (χ0v) is 24.6. The Morgan fingerprint density at radius 3 is 1.72 bits per heavy atom. The lowest BCUT2D eigenvalue weighted by Crippen LogP contribution is -2.00. The molecule has 0 unspecified atom stereocenters. The van der Waals surface area contributed by atoms with E-state index in [1.807, 2.05) is 0 Å². The number of fused-ring (bicyclic) bond motifs is 13. The molecule has 3 heterocycles. The third kappa shape index (κ3) is 3.55. The van der Waals surface area contributed by atoms with E-state index in [1.165, 1.54) is 50.8 Å². The highest BCUT2D eigenvalue weighted by Gasteiger charge is 2.24. The van der Waals surface area contributed by atoms with E-state index in [-0.39, 0.29) is 0 Å². The van der Waals surface area contributed by atoms with E-state index in [4.69, 9.17) is 9.51 Å². The van der Waals surface area contributed by atoms with Gasteiger partial charge in [0.05, 0.1) is 28.5 Å². The third-order valence-electron chi connectivity index (χ3n) is 9.27. The standard InChI is InChI=1S/C40H25N5O/c1-2-12-28-27(11-1)29-13-3-4-15-31(29)33-21-20-26(23-34(33)32-16-6-5-14-30(28)32)44-35-17-7-8-18-36(35)45-37-19-9-10-25(39(37)43-40(44)45)22-38-41-24-42-46-38/h1-21,23-24H,22H2. The number of rotatable bonds is 3. The molecule has 46 heavy (non-hydrogen) atoms. The predicted molar refractivity (Wildman–Crippen MR) is 182 cm³/mol. The van der Waals surface area contributed by atoms with Gasteiger partial charge in [-0.3, -0.25) is 8.97 Å². The Morgan fingerprint density at radius 1 is 0.522 bits per heavy atom. The summed E-state index contributed by atoms with van der Waals surface area (Å²) >= 11 is 0. The Hall–Kier alpha value is -6.27. The van der Waals surface area contributed by atoms with Crippen LogP contribution in [-0.2, 0) is 6.42 Å². The maximum Gasteiger partial charge on any atom is 0.230 e. The second kappa shape index (κ2) is 9.61. The van der Waals surface area contributed by atoms with Gasteiger partial charge >= 0.3 is 0 Å². The SMILES string of the molecule is c1ccc2c(c1)-c1ccccc1-c1ccc(-n3c4ccccc4n4c5cccc(Cc6ncno6)c5nc34)cc1-c1ccccc1-2. The van der Waals surface area contributed by atoms with Gasteiger partial charge in [0.25, 0.3) is 0 Å². The molecule has 1 aliphatic rings. The van der Waals surface area contributed by atoms with Gasteiger partial charge in [0.1, 0.15) is 0 Å². The molecule has 6 nitrogen and oxygen atoms in total. The molecule has 0 fully saturated rings. The van der Waals surface area contributed by atoms with Crippen molar-refractivity contribution in [1.29, 1.82) is 0 Å². The van der Waals surface area contributed by atoms with Crippen molar-refractivity contribution in [3.8, 4) is 50.2 Å². The number of hydrogen-bond acceptors (Lipinski definition) is 4. The minimum Gasteiger partial charge on any atom is -0.339 e. The number of hydrogen-bond donors (Lipinski definition) is 0. The minimum atomic E-state index is 0.520. The summed E-state index contributed by atoms with van der Waals surface area (Å²) < 4.78 is 9.90. The molecule has 0 saturated heterocycles. The van der Waals surface area contributed by atoms with Gasteiger partial charge in [-0.1, -0.05) is 108 Å². The molecule has 0 aliphatic heterocycles. The first-order valence-corrected chi connectivity index (χ1v) is 15.4. The lowest BCUT2D eigenvalue weighted by Gasteiger charge is -2.23. The average Bonchev–Trinajstić information content (AvgIpc) is 3.84. The van der Waals surface area contributed by atoms with Gasteiger partial charge in [-0.25, -0.2) is 4.98 Å². The molecule has 0 radical (unpaired) electrons. The first kappa shape index (κ1) is 25.1. The van der Waals surface area contributed by atoms with E-state index in [9.17, 15) is 0 Å². The van der Waals surface area contributed by atoms with Gasteiger partial charge in [0.15, 0.2) is 6.33 Å². The molecule has 1 aliphatic carbocycles. The summed E-state index contributed by atoms with van der Waals surface area (Å²) in [6, 6.07) is 47.9. The number of imidazole rings is 2. The largest absolute Gasteiger partial charge is 0.339 e. The summed E-state index contributed by atoms with van der Waals surface area (Å²) in [6.07, 6.45) is 1.96. The van der Waals surface area contributed by atoms with E-state index in [1.54, 1.807) is 0 Å². The Labute approximate surface area is 263 Å². The average molecular weight is 592 g/mol. The molecule has 0 N–H and O–H groups in total. The molecule has 6 heteroatoms. The summed E-state index contributed by atoms with van der Waals surface area (Å²) in [6.45, 7) is 0. The maximum atomic E-state index is 5.35. The fourth-order valence-electron chi connectivity index (χ4n) is 7.30. The molecular formula is C40H25N5O. The highest BCUT2D eigenvalue weighted by atomic mass is 16.5. The number of nitrogens with zero attached hydrogens (tertiary/aromatic N) is 5. The molecule has 9 aromatic rings. The van der Waals surface area contributed by atoms with Gasteiger partial charge in [0.2, 0.25) is 11.7 Å². The van der Waals surface area contributed by atoms with Crippen molar-refractivity contribution in [2.75, 3.05) is 0 Å². The summed E-state index contributed by atoms with van der Waals surface area (Å²) in [7, 11) is 0. The zero-order chi connectivity index (χ0) is 30.2. The molecule has 0 spiro atoms. The molecule has 3 aromatic heterocycles. The predicted octanol–water partition coefficient (Wildman–Crippen LogP) is 9.39. The van der Waals surface area contributed by atoms with Crippen LogP contribution in [0.1, 0.15) is 11.5 Å². The normalized spacial score (nSPS) is 12.0. The molecular weight excluding hydrogens is 566 g/mol. The van der Waals surface area contributed by atoms with Gasteiger partial charge in [0, 0.05) is 5.69 Å². The Bertz CT molecular complexity index is 2620. The van der Waals surface area contributed by atoms with Crippen molar-refractivity contribution in [3.63, 3.8) is 0 Å². The summed E-state index contributed by atoms with van der Waals surface area (Å²) in [5.41, 5.74) is 16.1. The van der Waals surface area contributed by atoms with Crippen molar-refractivity contribution in [1.82, 2.24) is 24.1 Å². The molecule has 0 amide bonds. The highest BCUT2D eigenvalue weighted by Crippen LogP contribution is 2.48. The second-order valence-corrected chi connectivity index (χ2v) is 11.7. The maximum absolute atomic E-state index is 5.35. The van der Waals surface area contributed by atoms with Crippen molar-refractivity contribution in [2.24, 2.45) is 0 Å². The van der Waals surface area contributed by atoms with Gasteiger partial charge in [-0.2, -0.15) is 4.98 Å². The van der Waals surface area contributed by atoms with Crippen LogP contribution in [0, 0.1) is 0 Å². The van der Waals surface area contributed by atoms with E-state index in [2.05, 4.69) is 153 Å². The van der Waals surface area contributed by atoms with Crippen LogP contribution in [0.2, 0.25) is 0 Å². The van der Waals surface area contributed by atoms with Crippen LogP contribution in [0.3, 0.4) is 0 Å². The van der Waals surface area contributed by atoms with Crippen molar-refractivity contribution < 1.29 is 4.52 Å². The molecule has 10 rings (SSSR count). The van der Waals surface area contributed by atoms with Crippen molar-refractivity contribution >= 4 is 27.8 Å². The Balaban J connectivity index is 1.27. The number of benzene rings is 6. The number of aromatic nitrogens is 5. The Kier molecular flexibility index (Phi) is 5.25. The minimum absolute atomic E-state index is 0.520. The van der Waals surface area contributed by atoms with Crippen LogP contribution in [-0.4, -0.2) is 24.1 Å². The molecule has 6 aromatic carbocycles. The van der Waals surface area contributed by atoms with Crippen molar-refractivity contribution in [2.45, 2.75) is 6.42 Å². The van der Waals surface area contributed by atoms with Gasteiger partial charge in [-0.05, 0) is 80.4 Å². The molecule has 0 bridgehead atoms. The van der Waals surface area contributed by atoms with Crippen LogP contribution in [0.4, 0.5) is 0 Å². The van der Waals surface area contributed by atoms with Crippen LogP contribution in [0.25, 0.3) is 78.0 Å². The fraction of sp³-hybridized carbons (Fsp3) is 0.0250. The summed E-state index contributed by atoms with van der Waals surface area (Å²) in [5.74, 6) is 1.43. The van der Waals surface area contributed by atoms with Crippen LogP contribution < -0.4 is 0 Å². The smallest absolute Gasteiger partial charge is 0.230 e. The zero-order valence-electron chi connectivity index (χ0n) is 24.6. The summed E-state index contributed by atoms with van der Waals surface area (Å²) in [5, 5.41) is 3.80. The van der Waals surface area contributed by atoms with Crippen LogP contribution >= 0.6 is 0 Å². The van der Waals surface area contributed by atoms with Crippen LogP contribution in [0.5, 0.6) is 0 Å². The monoisotopic (exact) mass is 591 g/mol. The number of para-hydroxylation sites is 3. The van der Waals surface area contributed by atoms with E-state index in [0.29, 0.717) is 12.3 Å². The van der Waals surface area contributed by atoms with E-state index >= 15 is 0 Å². The topological polar surface area (TPSA) is 61.2 Å². The van der Waals surface area contributed by atoms with Crippen LogP contribution in [0.15, 0.2) is 144 Å². The second-order valence-electron chi connectivity index (χ2n) is 11.7. The van der Waals surface area contributed by atoms with E-state index < -0.39 is 0 Å². The first-order chi connectivity index (χ1) is 22.8.